The van der Waals surface area contributed by atoms with Gasteiger partial charge in [0.05, 0.1) is 16.9 Å². The molecule has 2 rings (SSSR count). The molecule has 2 aromatic heterocycles. The van der Waals surface area contributed by atoms with E-state index < -0.39 is 0 Å². The lowest BCUT2D eigenvalue weighted by atomic mass is 10.1. The van der Waals surface area contributed by atoms with Crippen molar-refractivity contribution >= 4 is 11.3 Å². The van der Waals surface area contributed by atoms with Crippen molar-refractivity contribution in [1.82, 2.24) is 9.97 Å². The highest BCUT2D eigenvalue weighted by Crippen LogP contribution is 2.27. The van der Waals surface area contributed by atoms with Gasteiger partial charge in [-0.05, 0) is 25.5 Å². The number of hydrogen-bond acceptors (Lipinski definition) is 3. The zero-order valence-corrected chi connectivity index (χ0v) is 10.2. The second kappa shape index (κ2) is 4.61. The fourth-order valence-corrected chi connectivity index (χ4v) is 2.58. The van der Waals surface area contributed by atoms with E-state index in [1.165, 1.54) is 11.2 Å². The standard InChI is InChI=1S/C12H14N2OS/c1-3-4-9-11(13-7-14-12(9)15)10-6-5-8(2)16-10/h5-7H,3-4H2,1-2H3,(H,13,14,15). The maximum atomic E-state index is 11.7. The highest BCUT2D eigenvalue weighted by atomic mass is 32.1. The Hall–Kier alpha value is -1.42. The summed E-state index contributed by atoms with van der Waals surface area (Å²) in [5.41, 5.74) is 1.62. The lowest BCUT2D eigenvalue weighted by molar-refractivity contribution is 0.889. The van der Waals surface area contributed by atoms with E-state index in [1.54, 1.807) is 11.3 Å². The van der Waals surface area contributed by atoms with Gasteiger partial charge in [0, 0.05) is 10.4 Å². The van der Waals surface area contributed by atoms with Crippen LogP contribution in [0.25, 0.3) is 10.6 Å². The first kappa shape index (κ1) is 11.1. The molecule has 84 valence electrons. The number of rotatable bonds is 3. The van der Waals surface area contributed by atoms with Crippen LogP contribution in [0, 0.1) is 6.92 Å². The summed E-state index contributed by atoms with van der Waals surface area (Å²) in [4.78, 5) is 21.0. The van der Waals surface area contributed by atoms with Crippen molar-refractivity contribution in [2.45, 2.75) is 26.7 Å². The van der Waals surface area contributed by atoms with Crippen LogP contribution in [0.15, 0.2) is 23.3 Å². The fourth-order valence-electron chi connectivity index (χ4n) is 1.68. The van der Waals surface area contributed by atoms with Crippen molar-refractivity contribution in [2.24, 2.45) is 0 Å². The number of hydrogen-bond donors (Lipinski definition) is 1. The van der Waals surface area contributed by atoms with E-state index in [2.05, 4.69) is 29.9 Å². The molecule has 16 heavy (non-hydrogen) atoms. The van der Waals surface area contributed by atoms with E-state index in [1.807, 2.05) is 6.07 Å². The summed E-state index contributed by atoms with van der Waals surface area (Å²) in [5.74, 6) is 0. The summed E-state index contributed by atoms with van der Waals surface area (Å²) in [6, 6.07) is 4.08. The number of aryl methyl sites for hydroxylation is 1. The SMILES string of the molecule is CCCc1c(-c2ccc(C)s2)nc[nH]c1=O. The van der Waals surface area contributed by atoms with E-state index in [4.69, 9.17) is 0 Å². The van der Waals surface area contributed by atoms with Crippen LogP contribution in [0.4, 0.5) is 0 Å². The van der Waals surface area contributed by atoms with Gasteiger partial charge >= 0.3 is 0 Å². The molecule has 0 radical (unpaired) electrons. The minimum Gasteiger partial charge on any atom is -0.313 e. The van der Waals surface area contributed by atoms with Gasteiger partial charge in [0.2, 0.25) is 0 Å². The average molecular weight is 234 g/mol. The van der Waals surface area contributed by atoms with Gasteiger partial charge in [-0.2, -0.15) is 0 Å². The number of aromatic amines is 1. The first-order chi connectivity index (χ1) is 7.72. The molecule has 0 aromatic carbocycles. The molecule has 0 aliphatic heterocycles. The summed E-state index contributed by atoms with van der Waals surface area (Å²) in [6.07, 6.45) is 3.20. The molecule has 0 saturated carbocycles. The lowest BCUT2D eigenvalue weighted by Crippen LogP contribution is -2.14. The first-order valence-electron chi connectivity index (χ1n) is 5.35. The lowest BCUT2D eigenvalue weighted by Gasteiger charge is -2.03. The van der Waals surface area contributed by atoms with Crippen molar-refractivity contribution in [3.8, 4) is 10.6 Å². The van der Waals surface area contributed by atoms with Gasteiger partial charge in [0.15, 0.2) is 0 Å². The van der Waals surface area contributed by atoms with Crippen LogP contribution in [0.3, 0.4) is 0 Å². The molecule has 0 saturated heterocycles. The minimum atomic E-state index is -0.0158. The van der Waals surface area contributed by atoms with Crippen LogP contribution in [0.2, 0.25) is 0 Å². The van der Waals surface area contributed by atoms with Crippen molar-refractivity contribution in [1.29, 1.82) is 0 Å². The zero-order valence-electron chi connectivity index (χ0n) is 9.41. The smallest absolute Gasteiger partial charge is 0.254 e. The normalized spacial score (nSPS) is 10.6. The molecular formula is C12H14N2OS. The van der Waals surface area contributed by atoms with Gasteiger partial charge < -0.3 is 4.98 Å². The fraction of sp³-hybridized carbons (Fsp3) is 0.333. The molecular weight excluding hydrogens is 220 g/mol. The topological polar surface area (TPSA) is 45.8 Å². The summed E-state index contributed by atoms with van der Waals surface area (Å²) >= 11 is 1.67. The van der Waals surface area contributed by atoms with Gasteiger partial charge in [-0.3, -0.25) is 4.79 Å². The molecule has 0 fully saturated rings. The summed E-state index contributed by atoms with van der Waals surface area (Å²) in [6.45, 7) is 4.12. The molecule has 2 aromatic rings. The Labute approximate surface area is 98.2 Å². The predicted octanol–water partition coefficient (Wildman–Crippen LogP) is 2.76. The van der Waals surface area contributed by atoms with E-state index >= 15 is 0 Å². The molecule has 0 aliphatic carbocycles. The Bertz CT molecular complexity index is 542. The molecule has 0 spiro atoms. The second-order valence-corrected chi connectivity index (χ2v) is 5.01. The van der Waals surface area contributed by atoms with Gasteiger partial charge in [-0.1, -0.05) is 13.3 Å². The van der Waals surface area contributed by atoms with Crippen LogP contribution in [-0.2, 0) is 6.42 Å². The van der Waals surface area contributed by atoms with Crippen molar-refractivity contribution in [3.05, 3.63) is 39.3 Å². The minimum absolute atomic E-state index is 0.0158. The molecule has 2 heterocycles. The molecule has 0 bridgehead atoms. The highest BCUT2D eigenvalue weighted by Gasteiger charge is 2.11. The Morgan fingerprint density at radius 2 is 2.25 bits per heavy atom. The third-order valence-corrected chi connectivity index (χ3v) is 3.43. The van der Waals surface area contributed by atoms with Crippen molar-refractivity contribution in [3.63, 3.8) is 0 Å². The van der Waals surface area contributed by atoms with Crippen molar-refractivity contribution in [2.75, 3.05) is 0 Å². The van der Waals surface area contributed by atoms with Gasteiger partial charge in [-0.15, -0.1) is 11.3 Å². The summed E-state index contributed by atoms with van der Waals surface area (Å²) in [5, 5.41) is 0. The van der Waals surface area contributed by atoms with Crippen LogP contribution < -0.4 is 5.56 Å². The van der Waals surface area contributed by atoms with Crippen molar-refractivity contribution < 1.29 is 0 Å². The Morgan fingerprint density at radius 3 is 2.88 bits per heavy atom. The largest absolute Gasteiger partial charge is 0.313 e. The predicted molar refractivity (Wildman–Crippen MR) is 66.9 cm³/mol. The van der Waals surface area contributed by atoms with Crippen LogP contribution in [0.5, 0.6) is 0 Å². The van der Waals surface area contributed by atoms with Gasteiger partial charge in [0.1, 0.15) is 0 Å². The Kier molecular flexibility index (Phi) is 3.19. The van der Waals surface area contributed by atoms with Crippen LogP contribution in [0.1, 0.15) is 23.8 Å². The maximum Gasteiger partial charge on any atom is 0.254 e. The van der Waals surface area contributed by atoms with Crippen LogP contribution in [-0.4, -0.2) is 9.97 Å². The molecule has 0 amide bonds. The molecule has 0 unspecified atom stereocenters. The molecule has 3 nitrogen and oxygen atoms in total. The highest BCUT2D eigenvalue weighted by molar-refractivity contribution is 7.15. The zero-order chi connectivity index (χ0) is 11.5. The summed E-state index contributed by atoms with van der Waals surface area (Å²) in [7, 11) is 0. The number of H-pyrrole nitrogens is 1. The molecule has 4 heteroatoms. The monoisotopic (exact) mass is 234 g/mol. The average Bonchev–Trinajstić information content (AvgIpc) is 2.68. The number of nitrogens with zero attached hydrogens (tertiary/aromatic N) is 1. The number of thiophene rings is 1. The number of nitrogens with one attached hydrogen (secondary N) is 1. The summed E-state index contributed by atoms with van der Waals surface area (Å²) < 4.78 is 0. The van der Waals surface area contributed by atoms with Crippen LogP contribution >= 0.6 is 11.3 Å². The third-order valence-electron chi connectivity index (χ3n) is 2.42. The molecule has 1 N–H and O–H groups in total. The first-order valence-corrected chi connectivity index (χ1v) is 6.17. The van der Waals surface area contributed by atoms with Gasteiger partial charge in [-0.25, -0.2) is 4.98 Å². The van der Waals surface area contributed by atoms with E-state index in [9.17, 15) is 4.79 Å². The second-order valence-electron chi connectivity index (χ2n) is 3.72. The molecule has 0 atom stereocenters. The maximum absolute atomic E-state index is 11.7. The number of aromatic nitrogens is 2. The van der Waals surface area contributed by atoms with E-state index in [0.717, 1.165) is 29.0 Å². The van der Waals surface area contributed by atoms with Gasteiger partial charge in [0.25, 0.3) is 5.56 Å². The third kappa shape index (κ3) is 2.07. The van der Waals surface area contributed by atoms with E-state index in [-0.39, 0.29) is 5.56 Å². The van der Waals surface area contributed by atoms with E-state index in [0.29, 0.717) is 0 Å². The Morgan fingerprint density at radius 1 is 1.44 bits per heavy atom. The molecule has 0 aliphatic rings. The Balaban J connectivity index is 2.55. The quantitative estimate of drug-likeness (QED) is 0.887.